The molecule has 9 heteroatoms. The summed E-state index contributed by atoms with van der Waals surface area (Å²) in [7, 11) is -1.17. The van der Waals surface area contributed by atoms with Crippen LogP contribution in [0, 0.1) is 11.2 Å². The van der Waals surface area contributed by atoms with Gasteiger partial charge in [0.2, 0.25) is 5.41 Å². The fourth-order valence-corrected chi connectivity index (χ4v) is 3.71. The topological polar surface area (TPSA) is 99.6 Å². The van der Waals surface area contributed by atoms with Gasteiger partial charge in [0, 0.05) is 18.0 Å². The van der Waals surface area contributed by atoms with Gasteiger partial charge in [-0.15, -0.1) is 0 Å². The highest BCUT2D eigenvalue weighted by Crippen LogP contribution is 2.45. The first-order valence-corrected chi connectivity index (χ1v) is 10.6. The third-order valence-corrected chi connectivity index (χ3v) is 5.77. The smallest absolute Gasteiger partial charge is 0.331 e. The highest BCUT2D eigenvalue weighted by atomic mass is 32.2. The number of hydrogen-bond acceptors (Lipinski definition) is 7. The molecule has 30 heavy (non-hydrogen) atoms. The number of nitrogens with zero attached hydrogens (tertiary/aromatic N) is 1. The maximum Gasteiger partial charge on any atom is 0.331 e. The van der Waals surface area contributed by atoms with Gasteiger partial charge >= 0.3 is 11.9 Å². The van der Waals surface area contributed by atoms with Crippen molar-refractivity contribution in [2.24, 2.45) is 5.41 Å². The van der Waals surface area contributed by atoms with Gasteiger partial charge in [-0.05, 0) is 47.6 Å². The van der Waals surface area contributed by atoms with E-state index >= 15 is 0 Å². The number of halogens is 1. The Bertz CT molecular complexity index is 1150. The second-order valence-electron chi connectivity index (χ2n) is 6.63. The molecule has 0 saturated carbocycles. The number of rotatable bonds is 5. The van der Waals surface area contributed by atoms with Gasteiger partial charge in [0.05, 0.1) is 24.8 Å². The molecule has 1 aromatic carbocycles. The summed E-state index contributed by atoms with van der Waals surface area (Å²) in [4.78, 5) is 29.3. The zero-order chi connectivity index (χ0) is 22.1. The number of aromatic nitrogens is 1. The minimum absolute atomic E-state index is 0.0179. The molecule has 1 aliphatic rings. The average molecular weight is 431 g/mol. The summed E-state index contributed by atoms with van der Waals surface area (Å²) in [5.41, 5.74) is -0.235. The van der Waals surface area contributed by atoms with Crippen molar-refractivity contribution in [3.05, 3.63) is 71.8 Å². The molecule has 7 nitrogen and oxygen atoms in total. The zero-order valence-electron chi connectivity index (χ0n) is 16.4. The van der Waals surface area contributed by atoms with Crippen LogP contribution in [0.4, 0.5) is 4.39 Å². The summed E-state index contributed by atoms with van der Waals surface area (Å²) in [5.74, 6) is -2.18. The van der Waals surface area contributed by atoms with Crippen molar-refractivity contribution >= 4 is 32.9 Å². The first-order chi connectivity index (χ1) is 14.1. The van der Waals surface area contributed by atoms with Gasteiger partial charge in [0.25, 0.3) is 0 Å². The van der Waals surface area contributed by atoms with Crippen LogP contribution in [-0.4, -0.2) is 45.8 Å². The van der Waals surface area contributed by atoms with Crippen molar-refractivity contribution in [3.8, 4) is 0 Å². The second-order valence-corrected chi connectivity index (χ2v) is 8.64. The minimum Gasteiger partial charge on any atom is -0.468 e. The maximum absolute atomic E-state index is 13.4. The Morgan fingerprint density at radius 1 is 0.933 bits per heavy atom. The van der Waals surface area contributed by atoms with Crippen LogP contribution in [0.3, 0.4) is 0 Å². The molecule has 1 aromatic heterocycles. The molecule has 0 spiro atoms. The molecule has 3 rings (SSSR count). The summed E-state index contributed by atoms with van der Waals surface area (Å²) in [6, 6.07) is 8.30. The number of ether oxygens (including phenoxy) is 2. The lowest BCUT2D eigenvalue weighted by Crippen LogP contribution is -2.36. The van der Waals surface area contributed by atoms with E-state index in [1.165, 1.54) is 54.7 Å². The lowest BCUT2D eigenvalue weighted by Gasteiger charge is -2.18. The lowest BCUT2D eigenvalue weighted by atomic mass is 9.89. The Kier molecular flexibility index (Phi) is 5.58. The van der Waals surface area contributed by atoms with Gasteiger partial charge in [-0.1, -0.05) is 12.1 Å². The van der Waals surface area contributed by atoms with Crippen LogP contribution in [0.2, 0.25) is 0 Å². The van der Waals surface area contributed by atoms with Crippen LogP contribution >= 0.6 is 0 Å². The van der Waals surface area contributed by atoms with Crippen LogP contribution in [0.1, 0.15) is 11.3 Å². The molecule has 0 atom stereocenters. The van der Waals surface area contributed by atoms with Crippen molar-refractivity contribution in [1.29, 1.82) is 0 Å². The second kappa shape index (κ2) is 7.83. The van der Waals surface area contributed by atoms with Gasteiger partial charge in [0.1, 0.15) is 5.82 Å². The van der Waals surface area contributed by atoms with Crippen LogP contribution in [0.25, 0.3) is 11.1 Å². The van der Waals surface area contributed by atoms with Crippen LogP contribution < -0.4 is 0 Å². The Morgan fingerprint density at radius 2 is 1.50 bits per heavy atom. The molecule has 0 radical (unpaired) electrons. The first-order valence-electron chi connectivity index (χ1n) is 8.67. The number of benzene rings is 1. The quantitative estimate of drug-likeness (QED) is 0.530. The molecule has 0 saturated heterocycles. The molecule has 1 aliphatic carbocycles. The number of hydrogen-bond donors (Lipinski definition) is 0. The van der Waals surface area contributed by atoms with Gasteiger partial charge in [-0.25, -0.2) is 12.8 Å². The van der Waals surface area contributed by atoms with Crippen molar-refractivity contribution < 1.29 is 31.9 Å². The van der Waals surface area contributed by atoms with E-state index in [-0.39, 0.29) is 4.90 Å². The zero-order valence-corrected chi connectivity index (χ0v) is 17.2. The monoisotopic (exact) mass is 431 g/mol. The molecule has 0 fully saturated rings. The number of carbonyl (C=O) groups is 2. The van der Waals surface area contributed by atoms with Gasteiger partial charge in [-0.2, -0.15) is 0 Å². The number of carbonyl (C=O) groups excluding carboxylic acids is 2. The number of methoxy groups -OCH3 is 2. The molecule has 1 heterocycles. The van der Waals surface area contributed by atoms with Crippen LogP contribution in [0.5, 0.6) is 0 Å². The number of pyridine rings is 1. The average Bonchev–Trinajstić information content (AvgIpc) is 3.14. The van der Waals surface area contributed by atoms with Gasteiger partial charge in [-0.3, -0.25) is 14.6 Å². The van der Waals surface area contributed by atoms with E-state index in [1.54, 1.807) is 0 Å². The Morgan fingerprint density at radius 3 is 1.97 bits per heavy atom. The maximum atomic E-state index is 13.4. The molecular formula is C21H18FNO6S. The highest BCUT2D eigenvalue weighted by Gasteiger charge is 2.49. The highest BCUT2D eigenvalue weighted by molar-refractivity contribution is 7.90. The minimum atomic E-state index is -3.46. The Balaban J connectivity index is 2.23. The molecule has 0 amide bonds. The SMILES string of the molecule is COC(=O)C1(C(=O)OC)C=C(c2ccc(F)cc2)C(c2ccc(S(C)(=O)=O)cn2)=C1. The van der Waals surface area contributed by atoms with Crippen molar-refractivity contribution in [2.45, 2.75) is 4.90 Å². The van der Waals surface area contributed by atoms with E-state index < -0.39 is 33.0 Å². The van der Waals surface area contributed by atoms with Crippen molar-refractivity contribution in [2.75, 3.05) is 20.5 Å². The Labute approximate surface area is 172 Å². The summed E-state index contributed by atoms with van der Waals surface area (Å²) in [5, 5.41) is 0. The summed E-state index contributed by atoms with van der Waals surface area (Å²) < 4.78 is 46.5. The third kappa shape index (κ3) is 3.76. The van der Waals surface area contributed by atoms with Gasteiger partial charge < -0.3 is 9.47 Å². The van der Waals surface area contributed by atoms with E-state index in [0.717, 1.165) is 20.5 Å². The molecule has 156 valence electrons. The molecule has 2 aromatic rings. The van der Waals surface area contributed by atoms with E-state index in [9.17, 15) is 22.4 Å². The number of sulfone groups is 1. The fourth-order valence-electron chi connectivity index (χ4n) is 3.15. The lowest BCUT2D eigenvalue weighted by molar-refractivity contribution is -0.161. The van der Waals surface area contributed by atoms with Crippen molar-refractivity contribution in [1.82, 2.24) is 4.98 Å². The molecule has 0 aliphatic heterocycles. The van der Waals surface area contributed by atoms with Crippen molar-refractivity contribution in [3.63, 3.8) is 0 Å². The fraction of sp³-hybridized carbons (Fsp3) is 0.190. The van der Waals surface area contributed by atoms with E-state index in [1.807, 2.05) is 0 Å². The Hall–Kier alpha value is -3.33. The normalized spacial score (nSPS) is 15.2. The van der Waals surface area contributed by atoms with Crippen LogP contribution in [0.15, 0.2) is 59.6 Å². The predicted octanol–water partition coefficient (Wildman–Crippen LogP) is 2.44. The summed E-state index contributed by atoms with van der Waals surface area (Å²) in [6.45, 7) is 0. The van der Waals surface area contributed by atoms with Gasteiger partial charge in [0.15, 0.2) is 9.84 Å². The molecule has 0 bridgehead atoms. The molecule has 0 unspecified atom stereocenters. The number of allylic oxidation sites excluding steroid dienone is 2. The largest absolute Gasteiger partial charge is 0.468 e. The predicted molar refractivity (Wildman–Crippen MR) is 106 cm³/mol. The van der Waals surface area contributed by atoms with Crippen LogP contribution in [-0.2, 0) is 28.9 Å². The summed E-state index contributed by atoms with van der Waals surface area (Å²) >= 11 is 0. The summed E-state index contributed by atoms with van der Waals surface area (Å²) in [6.07, 6.45) is 4.97. The third-order valence-electron chi connectivity index (χ3n) is 4.68. The molecule has 0 N–H and O–H groups in total. The molecular weight excluding hydrogens is 413 g/mol. The van der Waals surface area contributed by atoms with E-state index in [0.29, 0.717) is 22.4 Å². The standard InChI is InChI=1S/C21H18FNO6S/c1-28-19(24)21(20(25)29-2)10-16(13-4-6-14(22)7-5-13)17(11-21)18-9-8-15(12-23-18)30(3,26)27/h4-12H,1-3H3. The number of esters is 2. The van der Waals surface area contributed by atoms with E-state index in [2.05, 4.69) is 4.98 Å². The first kappa shape index (κ1) is 21.4. The van der Waals surface area contributed by atoms with E-state index in [4.69, 9.17) is 9.47 Å².